The maximum atomic E-state index is 12.4. The number of methoxy groups -OCH3 is 2. The van der Waals surface area contributed by atoms with Crippen LogP contribution in [-0.4, -0.2) is 62.3 Å². The number of carboxylic acid groups (broad SMARTS) is 1. The Kier molecular flexibility index (Phi) is 16.7. The van der Waals surface area contributed by atoms with Crippen molar-refractivity contribution >= 4 is 11.9 Å². The zero-order valence-corrected chi connectivity index (χ0v) is 24.8. The molecule has 0 fully saturated rings. The van der Waals surface area contributed by atoms with Crippen LogP contribution in [0, 0.1) is 0 Å². The second-order valence-corrected chi connectivity index (χ2v) is 9.53. The van der Waals surface area contributed by atoms with Gasteiger partial charge in [-0.05, 0) is 66.9 Å². The van der Waals surface area contributed by atoms with Gasteiger partial charge in [0.05, 0.1) is 33.7 Å². The molecule has 2 aromatic carbocycles. The van der Waals surface area contributed by atoms with Crippen LogP contribution < -0.4 is 9.47 Å². The van der Waals surface area contributed by atoms with Crippen LogP contribution in [0.15, 0.2) is 52.7 Å². The lowest BCUT2D eigenvalue weighted by molar-refractivity contribution is -0.139. The fourth-order valence-corrected chi connectivity index (χ4v) is 4.18. The highest BCUT2D eigenvalue weighted by molar-refractivity contribution is 5.92. The molecule has 0 spiro atoms. The molecule has 0 radical (unpaired) electrons. The van der Waals surface area contributed by atoms with Gasteiger partial charge in [0.15, 0.2) is 0 Å². The van der Waals surface area contributed by atoms with Crippen molar-refractivity contribution in [2.75, 3.05) is 20.8 Å². The molecule has 1 N–H and O–H groups in total. The van der Waals surface area contributed by atoms with Gasteiger partial charge >= 0.3 is 24.3 Å². The Hall–Kier alpha value is -4.82. The Bertz CT molecular complexity index is 1380. The predicted molar refractivity (Wildman–Crippen MR) is 153 cm³/mol. The number of esters is 1. The second-order valence-electron chi connectivity index (χ2n) is 9.53. The number of carboxylic acids is 1. The molecule has 0 saturated carbocycles. The SMILES string of the molecule is COc1c(CCCC(CC(F)(F)F)N=[N+]=[N-])cccc1C(=O)O.COc1ccccc1C(=O)OCCCC(CC(F)(F)F)N=[N+]=[N-]. The minimum Gasteiger partial charge on any atom is -0.496 e. The van der Waals surface area contributed by atoms with Crippen LogP contribution in [0.2, 0.25) is 0 Å². The van der Waals surface area contributed by atoms with Crippen molar-refractivity contribution in [3.05, 3.63) is 80.0 Å². The van der Waals surface area contributed by atoms with Crippen LogP contribution in [0.5, 0.6) is 11.5 Å². The molecule has 2 aromatic rings. The number of hydrogen-bond acceptors (Lipinski definition) is 7. The normalized spacial score (nSPS) is 12.3. The van der Waals surface area contributed by atoms with E-state index in [1.807, 2.05) is 0 Å². The molecule has 12 nitrogen and oxygen atoms in total. The summed E-state index contributed by atoms with van der Waals surface area (Å²) in [5.74, 6) is -1.23. The van der Waals surface area contributed by atoms with Gasteiger partial charge in [-0.2, -0.15) is 26.3 Å². The lowest BCUT2D eigenvalue weighted by atomic mass is 10.0. The summed E-state index contributed by atoms with van der Waals surface area (Å²) in [6.45, 7) is -0.0772. The molecule has 0 aliphatic carbocycles. The molecule has 0 bridgehead atoms. The molecule has 0 aromatic heterocycles. The first-order valence-electron chi connectivity index (χ1n) is 13.6. The van der Waals surface area contributed by atoms with Gasteiger partial charge in [-0.1, -0.05) is 34.5 Å². The topological polar surface area (TPSA) is 180 Å². The summed E-state index contributed by atoms with van der Waals surface area (Å²) in [5, 5.41) is 15.3. The second kappa shape index (κ2) is 19.5. The van der Waals surface area contributed by atoms with E-state index >= 15 is 0 Å². The van der Waals surface area contributed by atoms with Gasteiger partial charge in [0.25, 0.3) is 0 Å². The quantitative estimate of drug-likeness (QED) is 0.0469. The van der Waals surface area contributed by atoms with E-state index in [9.17, 15) is 35.9 Å². The van der Waals surface area contributed by atoms with Crippen LogP contribution in [0.1, 0.15) is 64.8 Å². The van der Waals surface area contributed by atoms with Crippen molar-refractivity contribution in [3.63, 3.8) is 0 Å². The number of azide groups is 2. The van der Waals surface area contributed by atoms with Crippen LogP contribution in [0.25, 0.3) is 20.9 Å². The number of carbonyl (C=O) groups excluding carboxylic acids is 1. The predicted octanol–water partition coefficient (Wildman–Crippen LogP) is 8.61. The molecular weight excluding hydrogens is 630 g/mol. The first-order valence-corrected chi connectivity index (χ1v) is 13.6. The molecule has 0 aliphatic rings. The number of benzene rings is 2. The van der Waals surface area contributed by atoms with E-state index in [0.717, 1.165) is 0 Å². The molecule has 252 valence electrons. The molecule has 0 aliphatic heterocycles. The van der Waals surface area contributed by atoms with Crippen molar-refractivity contribution in [1.29, 1.82) is 0 Å². The number of hydrogen-bond donors (Lipinski definition) is 1. The van der Waals surface area contributed by atoms with E-state index in [1.165, 1.54) is 26.4 Å². The number of rotatable bonds is 16. The summed E-state index contributed by atoms with van der Waals surface area (Å²) in [5.41, 5.74) is 17.4. The summed E-state index contributed by atoms with van der Waals surface area (Å²) in [4.78, 5) is 27.8. The lowest BCUT2D eigenvalue weighted by Gasteiger charge is -2.15. The minimum atomic E-state index is -4.41. The lowest BCUT2D eigenvalue weighted by Crippen LogP contribution is -2.18. The Morgan fingerprint density at radius 1 is 0.826 bits per heavy atom. The fraction of sp³-hybridized carbons (Fsp3) is 0.500. The molecule has 46 heavy (non-hydrogen) atoms. The zero-order valence-electron chi connectivity index (χ0n) is 24.8. The smallest absolute Gasteiger partial charge is 0.389 e. The average molecular weight is 663 g/mol. The van der Waals surface area contributed by atoms with Crippen LogP contribution in [0.4, 0.5) is 26.3 Å². The van der Waals surface area contributed by atoms with Crippen molar-refractivity contribution in [2.24, 2.45) is 10.2 Å². The van der Waals surface area contributed by atoms with E-state index in [-0.39, 0.29) is 42.7 Å². The van der Waals surface area contributed by atoms with E-state index < -0.39 is 49.2 Å². The van der Waals surface area contributed by atoms with Crippen molar-refractivity contribution in [2.45, 2.75) is 69.4 Å². The molecule has 2 unspecified atom stereocenters. The number of carbonyl (C=O) groups is 2. The van der Waals surface area contributed by atoms with E-state index in [0.29, 0.717) is 24.2 Å². The highest BCUT2D eigenvalue weighted by atomic mass is 19.4. The maximum absolute atomic E-state index is 12.4. The van der Waals surface area contributed by atoms with Crippen molar-refractivity contribution in [3.8, 4) is 11.5 Å². The summed E-state index contributed by atoms with van der Waals surface area (Å²) in [6.07, 6.45) is -10.4. The van der Waals surface area contributed by atoms with Crippen molar-refractivity contribution in [1.82, 2.24) is 0 Å². The molecule has 2 rings (SSSR count). The Labute approximate surface area is 259 Å². The van der Waals surface area contributed by atoms with Gasteiger partial charge in [0, 0.05) is 21.9 Å². The molecule has 0 amide bonds. The first-order chi connectivity index (χ1) is 21.6. The fourth-order valence-electron chi connectivity index (χ4n) is 4.18. The number of halogens is 6. The summed E-state index contributed by atoms with van der Waals surface area (Å²) in [7, 11) is 2.74. The van der Waals surface area contributed by atoms with Gasteiger partial charge in [0.1, 0.15) is 22.6 Å². The van der Waals surface area contributed by atoms with Crippen LogP contribution >= 0.6 is 0 Å². The third-order valence-electron chi connectivity index (χ3n) is 6.12. The molecular formula is C28H32F6N6O6. The zero-order chi connectivity index (χ0) is 34.8. The number of para-hydroxylation sites is 2. The van der Waals surface area contributed by atoms with E-state index in [1.54, 1.807) is 30.3 Å². The standard InChI is InChI=1S/2C14H16F3N3O3/c1-23-12-9(5-3-7-11(12)13(21)22)4-2-6-10(19-20-18)8-14(15,16)17;1-22-12-7-3-2-6-11(12)13(21)23-8-4-5-10(19-20-18)9-14(15,16)17/h3,5,7,10H,2,4,6,8H2,1H3,(H,21,22);2-3,6-7,10H,4-5,8-9H2,1H3. The van der Waals surface area contributed by atoms with Crippen molar-refractivity contribution < 1.29 is 55.2 Å². The number of nitrogens with zero attached hydrogens (tertiary/aromatic N) is 6. The van der Waals surface area contributed by atoms with Gasteiger partial charge in [-0.25, -0.2) is 9.59 Å². The first kappa shape index (κ1) is 39.2. The molecule has 2 atom stereocenters. The van der Waals surface area contributed by atoms with Gasteiger partial charge in [0.2, 0.25) is 0 Å². The van der Waals surface area contributed by atoms with E-state index in [4.69, 9.17) is 30.4 Å². The third kappa shape index (κ3) is 15.3. The Morgan fingerprint density at radius 3 is 1.87 bits per heavy atom. The third-order valence-corrected chi connectivity index (χ3v) is 6.12. The van der Waals surface area contributed by atoms with Gasteiger partial charge in [-0.15, -0.1) is 0 Å². The summed E-state index contributed by atoms with van der Waals surface area (Å²) in [6, 6.07) is 8.65. The molecule has 0 heterocycles. The summed E-state index contributed by atoms with van der Waals surface area (Å²) >= 11 is 0. The average Bonchev–Trinajstić information content (AvgIpc) is 2.98. The van der Waals surface area contributed by atoms with Crippen LogP contribution in [-0.2, 0) is 11.2 Å². The number of aromatic carboxylic acids is 1. The number of ether oxygens (including phenoxy) is 3. The Morgan fingerprint density at radius 2 is 1.37 bits per heavy atom. The molecule has 0 saturated heterocycles. The Balaban J connectivity index is 0.000000460. The highest BCUT2D eigenvalue weighted by Crippen LogP contribution is 2.29. The largest absolute Gasteiger partial charge is 0.496 e. The van der Waals surface area contributed by atoms with Gasteiger partial charge in [-0.3, -0.25) is 0 Å². The van der Waals surface area contributed by atoms with Gasteiger partial charge < -0.3 is 19.3 Å². The molecule has 18 heteroatoms. The number of aryl methyl sites for hydroxylation is 1. The number of alkyl halides is 6. The minimum absolute atomic E-state index is 0.00751. The maximum Gasteiger partial charge on any atom is 0.389 e. The van der Waals surface area contributed by atoms with Crippen LogP contribution in [0.3, 0.4) is 0 Å². The highest BCUT2D eigenvalue weighted by Gasteiger charge is 2.32. The summed E-state index contributed by atoms with van der Waals surface area (Å²) < 4.78 is 89.1. The monoisotopic (exact) mass is 662 g/mol. The van der Waals surface area contributed by atoms with E-state index in [2.05, 4.69) is 20.1 Å².